The van der Waals surface area contributed by atoms with Crippen molar-refractivity contribution in [2.45, 2.75) is 31.6 Å². The summed E-state index contributed by atoms with van der Waals surface area (Å²) >= 11 is 4.09. The lowest BCUT2D eigenvalue weighted by molar-refractivity contribution is -0.239. The van der Waals surface area contributed by atoms with E-state index < -0.39 is 17.8 Å². The predicted molar refractivity (Wildman–Crippen MR) is 72.1 cm³/mol. The van der Waals surface area contributed by atoms with Crippen molar-refractivity contribution in [3.8, 4) is 0 Å². The minimum atomic E-state index is -1.000. The SMILES string of the molecule is COC1(OC)CCC(C(=O)O)N(C(=O)C(C)CS)C1. The Hall–Kier alpha value is -0.790. The van der Waals surface area contributed by atoms with Gasteiger partial charge in [-0.2, -0.15) is 12.6 Å². The second-order valence-corrected chi connectivity index (χ2v) is 5.13. The first-order valence-electron chi connectivity index (χ1n) is 6.15. The number of amides is 1. The van der Waals surface area contributed by atoms with Crippen molar-refractivity contribution < 1.29 is 24.2 Å². The van der Waals surface area contributed by atoms with Crippen molar-refractivity contribution in [1.29, 1.82) is 0 Å². The van der Waals surface area contributed by atoms with Crippen LogP contribution in [0.1, 0.15) is 19.8 Å². The molecule has 0 aliphatic carbocycles. The van der Waals surface area contributed by atoms with Crippen LogP contribution in [0.25, 0.3) is 0 Å². The molecule has 1 aliphatic rings. The van der Waals surface area contributed by atoms with Crippen molar-refractivity contribution >= 4 is 24.5 Å². The van der Waals surface area contributed by atoms with Gasteiger partial charge in [0.25, 0.3) is 0 Å². The number of thiol groups is 1. The van der Waals surface area contributed by atoms with Crippen LogP contribution in [0.3, 0.4) is 0 Å². The zero-order chi connectivity index (χ0) is 14.6. The molecule has 6 nitrogen and oxygen atoms in total. The molecule has 19 heavy (non-hydrogen) atoms. The number of ether oxygens (including phenoxy) is 2. The standard InChI is InChI=1S/C12H21NO5S/c1-8(6-19)10(14)13-7-12(17-2,18-3)5-4-9(13)11(15)16/h8-9,19H,4-7H2,1-3H3,(H,15,16). The molecule has 2 unspecified atom stereocenters. The maximum Gasteiger partial charge on any atom is 0.326 e. The van der Waals surface area contributed by atoms with E-state index in [-0.39, 0.29) is 18.4 Å². The normalized spacial score (nSPS) is 24.0. The van der Waals surface area contributed by atoms with E-state index in [2.05, 4.69) is 12.6 Å². The molecule has 110 valence electrons. The summed E-state index contributed by atoms with van der Waals surface area (Å²) in [6.45, 7) is 1.85. The quantitative estimate of drug-likeness (QED) is 0.573. The number of carbonyl (C=O) groups is 2. The summed E-state index contributed by atoms with van der Waals surface area (Å²) < 4.78 is 10.6. The van der Waals surface area contributed by atoms with Crippen LogP contribution in [0.15, 0.2) is 0 Å². The average Bonchev–Trinajstić information content (AvgIpc) is 2.44. The lowest BCUT2D eigenvalue weighted by Crippen LogP contribution is -2.59. The minimum Gasteiger partial charge on any atom is -0.480 e. The minimum absolute atomic E-state index is 0.119. The number of aliphatic carboxylic acids is 1. The van der Waals surface area contributed by atoms with Gasteiger partial charge < -0.3 is 19.5 Å². The Balaban J connectivity index is 2.97. The molecule has 1 rings (SSSR count). The molecule has 0 aromatic heterocycles. The fourth-order valence-corrected chi connectivity index (χ4v) is 2.38. The van der Waals surface area contributed by atoms with Crippen molar-refractivity contribution in [3.63, 3.8) is 0 Å². The Morgan fingerprint density at radius 1 is 1.47 bits per heavy atom. The molecule has 1 heterocycles. The van der Waals surface area contributed by atoms with Crippen LogP contribution in [0.5, 0.6) is 0 Å². The van der Waals surface area contributed by atoms with Crippen molar-refractivity contribution in [3.05, 3.63) is 0 Å². The smallest absolute Gasteiger partial charge is 0.326 e. The number of likely N-dealkylation sites (tertiary alicyclic amines) is 1. The summed E-state index contributed by atoms with van der Waals surface area (Å²) in [5, 5.41) is 9.23. The van der Waals surface area contributed by atoms with E-state index in [1.165, 1.54) is 19.1 Å². The molecular weight excluding hydrogens is 270 g/mol. The number of carbonyl (C=O) groups excluding carboxylic acids is 1. The van der Waals surface area contributed by atoms with Gasteiger partial charge in [0.2, 0.25) is 5.91 Å². The van der Waals surface area contributed by atoms with Crippen LogP contribution in [-0.2, 0) is 19.1 Å². The van der Waals surface area contributed by atoms with Gasteiger partial charge in [0.05, 0.1) is 6.54 Å². The van der Waals surface area contributed by atoms with E-state index in [1.54, 1.807) is 6.92 Å². The van der Waals surface area contributed by atoms with Gasteiger partial charge in [-0.3, -0.25) is 4.79 Å². The molecular formula is C12H21NO5S. The average molecular weight is 291 g/mol. The van der Waals surface area contributed by atoms with Gasteiger partial charge in [-0.1, -0.05) is 6.92 Å². The third-order valence-electron chi connectivity index (χ3n) is 3.59. The predicted octanol–water partition coefficient (Wildman–Crippen LogP) is 0.617. The molecule has 0 saturated carbocycles. The molecule has 0 aromatic carbocycles. The summed E-state index contributed by atoms with van der Waals surface area (Å²) in [5.74, 6) is -2.12. The second-order valence-electron chi connectivity index (χ2n) is 4.76. The van der Waals surface area contributed by atoms with E-state index >= 15 is 0 Å². The van der Waals surface area contributed by atoms with Crippen LogP contribution in [-0.4, -0.2) is 60.2 Å². The van der Waals surface area contributed by atoms with E-state index in [0.29, 0.717) is 18.6 Å². The monoisotopic (exact) mass is 291 g/mol. The largest absolute Gasteiger partial charge is 0.480 e. The Labute approximate surface area is 118 Å². The lowest BCUT2D eigenvalue weighted by atomic mass is 9.95. The van der Waals surface area contributed by atoms with Crippen molar-refractivity contribution in [2.24, 2.45) is 5.92 Å². The molecule has 2 atom stereocenters. The first-order chi connectivity index (χ1) is 8.90. The number of methoxy groups -OCH3 is 2. The van der Waals surface area contributed by atoms with Crippen LogP contribution >= 0.6 is 12.6 Å². The van der Waals surface area contributed by atoms with Crippen LogP contribution in [0.4, 0.5) is 0 Å². The summed E-state index contributed by atoms with van der Waals surface area (Å²) in [5.41, 5.74) is 0. The molecule has 0 spiro atoms. The first-order valence-corrected chi connectivity index (χ1v) is 6.78. The number of carboxylic acids is 1. The van der Waals surface area contributed by atoms with Crippen molar-refractivity contribution in [1.82, 2.24) is 4.90 Å². The van der Waals surface area contributed by atoms with Gasteiger partial charge in [-0.25, -0.2) is 4.79 Å². The van der Waals surface area contributed by atoms with Crippen LogP contribution < -0.4 is 0 Å². The number of carboxylic acid groups (broad SMARTS) is 1. The summed E-state index contributed by atoms with van der Waals surface area (Å²) in [6, 6.07) is -0.826. The fourth-order valence-electron chi connectivity index (χ4n) is 2.23. The molecule has 1 N–H and O–H groups in total. The van der Waals surface area contributed by atoms with Gasteiger partial charge in [0.1, 0.15) is 6.04 Å². The number of piperidine rings is 1. The number of nitrogens with zero attached hydrogens (tertiary/aromatic N) is 1. The molecule has 1 fully saturated rings. The van der Waals surface area contributed by atoms with E-state index in [0.717, 1.165) is 0 Å². The highest BCUT2D eigenvalue weighted by Crippen LogP contribution is 2.30. The summed E-state index contributed by atoms with van der Waals surface area (Å²) in [6.07, 6.45) is 0.748. The molecule has 1 amide bonds. The molecule has 1 saturated heterocycles. The fraction of sp³-hybridized carbons (Fsp3) is 0.833. The van der Waals surface area contributed by atoms with E-state index in [4.69, 9.17) is 9.47 Å². The Morgan fingerprint density at radius 3 is 2.47 bits per heavy atom. The van der Waals surface area contributed by atoms with Gasteiger partial charge in [-0.05, 0) is 6.42 Å². The highest BCUT2D eigenvalue weighted by Gasteiger charge is 2.45. The zero-order valence-corrected chi connectivity index (χ0v) is 12.4. The third kappa shape index (κ3) is 3.40. The molecule has 0 bridgehead atoms. The first kappa shape index (κ1) is 16.3. The molecule has 7 heteroatoms. The van der Waals surface area contributed by atoms with Crippen LogP contribution in [0, 0.1) is 5.92 Å². The lowest BCUT2D eigenvalue weighted by Gasteiger charge is -2.44. The van der Waals surface area contributed by atoms with Gasteiger partial charge >= 0.3 is 5.97 Å². The molecule has 1 aliphatic heterocycles. The maximum absolute atomic E-state index is 12.3. The van der Waals surface area contributed by atoms with Gasteiger partial charge in [0, 0.05) is 32.3 Å². The highest BCUT2D eigenvalue weighted by molar-refractivity contribution is 7.80. The number of hydrogen-bond donors (Lipinski definition) is 2. The number of hydrogen-bond acceptors (Lipinski definition) is 5. The highest BCUT2D eigenvalue weighted by atomic mass is 32.1. The molecule has 0 aromatic rings. The zero-order valence-electron chi connectivity index (χ0n) is 11.5. The number of rotatable bonds is 5. The van der Waals surface area contributed by atoms with Gasteiger partial charge in [-0.15, -0.1) is 0 Å². The Kier molecular flexibility index (Phi) is 5.64. The van der Waals surface area contributed by atoms with Gasteiger partial charge in [0.15, 0.2) is 5.79 Å². The summed E-state index contributed by atoms with van der Waals surface area (Å²) in [7, 11) is 2.99. The third-order valence-corrected chi connectivity index (χ3v) is 4.14. The van der Waals surface area contributed by atoms with Crippen molar-refractivity contribution in [2.75, 3.05) is 26.5 Å². The van der Waals surface area contributed by atoms with E-state index in [1.807, 2.05) is 0 Å². The molecule has 0 radical (unpaired) electrons. The van der Waals surface area contributed by atoms with Crippen LogP contribution in [0.2, 0.25) is 0 Å². The van der Waals surface area contributed by atoms with E-state index in [9.17, 15) is 14.7 Å². The topological polar surface area (TPSA) is 76.1 Å². The summed E-state index contributed by atoms with van der Waals surface area (Å²) in [4.78, 5) is 24.9. The Morgan fingerprint density at radius 2 is 2.05 bits per heavy atom. The second kappa shape index (κ2) is 6.58. The maximum atomic E-state index is 12.3. The Bertz CT molecular complexity index is 345.